The molecule has 0 saturated carbocycles. The van der Waals surface area contributed by atoms with Crippen molar-refractivity contribution in [3.8, 4) is 17.4 Å². The van der Waals surface area contributed by atoms with Gasteiger partial charge in [0.1, 0.15) is 35.1 Å². The Hall–Kier alpha value is -3.61. The van der Waals surface area contributed by atoms with Gasteiger partial charge in [0.15, 0.2) is 0 Å². The summed E-state index contributed by atoms with van der Waals surface area (Å²) in [5.74, 6) is -1.89. The van der Waals surface area contributed by atoms with Crippen LogP contribution in [0, 0.1) is 0 Å². The summed E-state index contributed by atoms with van der Waals surface area (Å²) in [6.07, 6.45) is -8.64. The van der Waals surface area contributed by atoms with Crippen LogP contribution in [0.15, 0.2) is 30.3 Å². The molecule has 0 unspecified atom stereocenters. The second kappa shape index (κ2) is 10.2. The van der Waals surface area contributed by atoms with Gasteiger partial charge in [0.25, 0.3) is 5.91 Å². The smallest absolute Gasteiger partial charge is 0.433 e. The Morgan fingerprint density at radius 2 is 1.83 bits per heavy atom. The van der Waals surface area contributed by atoms with E-state index in [4.69, 9.17) is 9.47 Å². The predicted octanol–water partition coefficient (Wildman–Crippen LogP) is 3.78. The number of β-amino-alcohol motifs (C(OH)–C–C–N with tert-alkyl or cyclic N) is 1. The third-order valence-corrected chi connectivity index (χ3v) is 4.86. The molecule has 196 valence electrons. The van der Waals surface area contributed by atoms with Gasteiger partial charge in [-0.05, 0) is 44.5 Å². The molecule has 1 aliphatic heterocycles. The highest BCUT2D eigenvalue weighted by molar-refractivity contribution is 5.95. The lowest BCUT2D eigenvalue weighted by atomic mass is 10.1. The highest BCUT2D eigenvalue weighted by Crippen LogP contribution is 2.33. The fraction of sp³-hybridized carbons (Fsp3) is 0.435. The number of aliphatic hydroxyl groups is 1. The van der Waals surface area contributed by atoms with E-state index >= 15 is 0 Å². The zero-order valence-corrected chi connectivity index (χ0v) is 19.6. The highest BCUT2D eigenvalue weighted by Gasteiger charge is 2.35. The van der Waals surface area contributed by atoms with E-state index in [0.717, 1.165) is 35.2 Å². The number of hydrogen-bond acceptors (Lipinski definition) is 7. The minimum atomic E-state index is -4.83. The number of carbonyl (C=O) groups excluding carboxylic acids is 2. The van der Waals surface area contributed by atoms with Crippen molar-refractivity contribution >= 4 is 12.0 Å². The number of nitrogens with zero attached hydrogens (tertiary/aromatic N) is 2. The summed E-state index contributed by atoms with van der Waals surface area (Å²) in [5.41, 5.74) is -2.24. The standard InChI is InChI=1S/C23H25F4N3O6/c1-22(2,3)36-21(34)28-9-12-4-18(23(25,26)27)29-19(5-12)35-15-7-13(6-14(31)8-15)20(33)30-10-16(24)17(32)11-30/h4-8,16-17,31-32H,9-11H2,1-3H3,(H,28,34)/t16-,17-/m1/s1. The highest BCUT2D eigenvalue weighted by atomic mass is 19.4. The van der Waals surface area contributed by atoms with E-state index < -0.39 is 53.4 Å². The molecule has 1 aromatic heterocycles. The first-order valence-corrected chi connectivity index (χ1v) is 10.8. The Bertz CT molecular complexity index is 1130. The van der Waals surface area contributed by atoms with Crippen LogP contribution in [0.3, 0.4) is 0 Å². The van der Waals surface area contributed by atoms with Crippen LogP contribution in [-0.2, 0) is 17.5 Å². The van der Waals surface area contributed by atoms with Crippen molar-refractivity contribution in [2.24, 2.45) is 0 Å². The monoisotopic (exact) mass is 515 g/mol. The Balaban J connectivity index is 1.84. The molecule has 9 nitrogen and oxygen atoms in total. The summed E-state index contributed by atoms with van der Waals surface area (Å²) in [5, 5.41) is 21.9. The zero-order chi connectivity index (χ0) is 26.8. The molecule has 3 rings (SSSR count). The SMILES string of the molecule is CC(C)(C)OC(=O)NCc1cc(Oc2cc(O)cc(C(=O)N3C[C@@H](O)[C@H](F)C3)c2)nc(C(F)(F)F)c1. The molecular weight excluding hydrogens is 490 g/mol. The normalized spacial score (nSPS) is 18.2. The molecule has 2 amide bonds. The Labute approximate surface area is 203 Å². The third-order valence-electron chi connectivity index (χ3n) is 4.86. The van der Waals surface area contributed by atoms with Crippen LogP contribution in [0.5, 0.6) is 17.4 Å². The number of phenols is 1. The largest absolute Gasteiger partial charge is 0.508 e. The minimum absolute atomic E-state index is 0.00493. The molecule has 0 aliphatic carbocycles. The van der Waals surface area contributed by atoms with Crippen LogP contribution in [-0.4, -0.2) is 63.1 Å². The molecule has 1 fully saturated rings. The molecule has 13 heteroatoms. The molecule has 36 heavy (non-hydrogen) atoms. The first-order chi connectivity index (χ1) is 16.6. The van der Waals surface area contributed by atoms with Crippen molar-refractivity contribution in [1.29, 1.82) is 0 Å². The topological polar surface area (TPSA) is 121 Å². The van der Waals surface area contributed by atoms with Gasteiger partial charge in [-0.3, -0.25) is 4.79 Å². The number of hydrogen-bond donors (Lipinski definition) is 3. The number of ether oxygens (including phenoxy) is 2. The number of phenolic OH excluding ortho intramolecular Hbond substituents is 1. The molecule has 0 radical (unpaired) electrons. The number of benzene rings is 1. The van der Waals surface area contributed by atoms with E-state index in [2.05, 4.69) is 10.3 Å². The maximum Gasteiger partial charge on any atom is 0.433 e. The first kappa shape index (κ1) is 27.0. The van der Waals surface area contributed by atoms with Crippen LogP contribution in [0.2, 0.25) is 0 Å². The predicted molar refractivity (Wildman–Crippen MR) is 117 cm³/mol. The van der Waals surface area contributed by atoms with E-state index in [9.17, 15) is 37.4 Å². The first-order valence-electron chi connectivity index (χ1n) is 10.8. The number of nitrogens with one attached hydrogen (secondary N) is 1. The van der Waals surface area contributed by atoms with Gasteiger partial charge >= 0.3 is 12.3 Å². The number of amides is 2. The number of halogens is 4. The molecule has 3 N–H and O–H groups in total. The quantitative estimate of drug-likeness (QED) is 0.519. The van der Waals surface area contributed by atoms with Crippen molar-refractivity contribution in [2.45, 2.75) is 51.4 Å². The number of carbonyl (C=O) groups is 2. The lowest BCUT2D eigenvalue weighted by Crippen LogP contribution is -2.32. The van der Waals surface area contributed by atoms with Gasteiger partial charge in [0.05, 0.1) is 6.54 Å². The van der Waals surface area contributed by atoms with Crippen molar-refractivity contribution < 1.29 is 46.8 Å². The lowest BCUT2D eigenvalue weighted by Gasteiger charge is -2.20. The maximum absolute atomic E-state index is 13.6. The van der Waals surface area contributed by atoms with Crippen molar-refractivity contribution in [2.75, 3.05) is 13.1 Å². The van der Waals surface area contributed by atoms with Crippen molar-refractivity contribution in [3.05, 3.63) is 47.2 Å². The van der Waals surface area contributed by atoms with Gasteiger partial charge in [-0.25, -0.2) is 14.2 Å². The number of likely N-dealkylation sites (tertiary alicyclic amines) is 1. The molecule has 1 aromatic carbocycles. The number of aliphatic hydroxyl groups excluding tert-OH is 1. The van der Waals surface area contributed by atoms with E-state index in [0.29, 0.717) is 0 Å². The number of alkyl carbamates (subject to hydrolysis) is 1. The van der Waals surface area contributed by atoms with Crippen LogP contribution in [0.25, 0.3) is 0 Å². The van der Waals surface area contributed by atoms with Gasteiger partial charge in [0, 0.05) is 30.8 Å². The molecule has 1 saturated heterocycles. The number of alkyl halides is 4. The van der Waals surface area contributed by atoms with Crippen LogP contribution in [0.4, 0.5) is 22.4 Å². The van der Waals surface area contributed by atoms with Crippen LogP contribution < -0.4 is 10.1 Å². The number of rotatable bonds is 5. The second-order valence-electron chi connectivity index (χ2n) is 9.16. The van der Waals surface area contributed by atoms with E-state index in [1.54, 1.807) is 20.8 Å². The van der Waals surface area contributed by atoms with Gasteiger partial charge < -0.3 is 29.9 Å². The summed E-state index contributed by atoms with van der Waals surface area (Å²) >= 11 is 0. The summed E-state index contributed by atoms with van der Waals surface area (Å²) < 4.78 is 64.3. The van der Waals surface area contributed by atoms with Crippen LogP contribution in [0.1, 0.15) is 42.4 Å². The molecule has 2 atom stereocenters. The molecule has 2 heterocycles. The summed E-state index contributed by atoms with van der Waals surface area (Å²) in [4.78, 5) is 29.0. The fourth-order valence-corrected chi connectivity index (χ4v) is 3.33. The average molecular weight is 515 g/mol. The summed E-state index contributed by atoms with van der Waals surface area (Å²) in [7, 11) is 0. The Morgan fingerprint density at radius 1 is 1.14 bits per heavy atom. The van der Waals surface area contributed by atoms with Crippen molar-refractivity contribution in [1.82, 2.24) is 15.2 Å². The van der Waals surface area contributed by atoms with Gasteiger partial charge in [0.2, 0.25) is 5.88 Å². The second-order valence-corrected chi connectivity index (χ2v) is 9.16. The summed E-state index contributed by atoms with van der Waals surface area (Å²) in [6.45, 7) is 3.95. The number of pyridine rings is 1. The van der Waals surface area contributed by atoms with Gasteiger partial charge in [-0.1, -0.05) is 0 Å². The molecular formula is C23H25F4N3O6. The maximum atomic E-state index is 13.6. The van der Waals surface area contributed by atoms with Gasteiger partial charge in [-0.2, -0.15) is 13.2 Å². The van der Waals surface area contributed by atoms with E-state index in [-0.39, 0.29) is 36.5 Å². The Kier molecular flexibility index (Phi) is 7.62. The van der Waals surface area contributed by atoms with E-state index in [1.165, 1.54) is 0 Å². The molecule has 0 spiro atoms. The van der Waals surface area contributed by atoms with E-state index in [1.807, 2.05) is 0 Å². The molecule has 2 aromatic rings. The third kappa shape index (κ3) is 7.20. The lowest BCUT2D eigenvalue weighted by molar-refractivity contribution is -0.141. The molecule has 0 bridgehead atoms. The van der Waals surface area contributed by atoms with Crippen LogP contribution >= 0.6 is 0 Å². The molecule has 1 aliphatic rings. The zero-order valence-electron chi connectivity index (χ0n) is 19.6. The average Bonchev–Trinajstić information content (AvgIpc) is 3.07. The number of aromatic nitrogens is 1. The minimum Gasteiger partial charge on any atom is -0.508 e. The summed E-state index contributed by atoms with van der Waals surface area (Å²) in [6, 6.07) is 5.13. The number of aromatic hydroxyl groups is 1. The Morgan fingerprint density at radius 3 is 2.42 bits per heavy atom. The fourth-order valence-electron chi connectivity index (χ4n) is 3.33. The van der Waals surface area contributed by atoms with Crippen molar-refractivity contribution in [3.63, 3.8) is 0 Å². The van der Waals surface area contributed by atoms with Gasteiger partial charge in [-0.15, -0.1) is 0 Å².